The molecule has 3 aliphatic rings. The average molecular weight is 361 g/mol. The number of ether oxygens (including phenoxy) is 1. The number of hydrogen-bond donors (Lipinski definition) is 2. The van der Waals surface area contributed by atoms with Gasteiger partial charge in [0.25, 0.3) is 0 Å². The molecule has 2 saturated heterocycles. The van der Waals surface area contributed by atoms with Crippen LogP contribution in [0.25, 0.3) is 0 Å². The summed E-state index contributed by atoms with van der Waals surface area (Å²) in [5.41, 5.74) is 1.34. The van der Waals surface area contributed by atoms with Crippen LogP contribution in [-0.2, 0) is 4.74 Å². The van der Waals surface area contributed by atoms with Gasteiger partial charge in [-0.3, -0.25) is 10.00 Å². The molecule has 0 aromatic carbocycles. The maximum absolute atomic E-state index is 12.7. The lowest BCUT2D eigenvalue weighted by atomic mass is 9.93. The molecular weight excluding hydrogens is 330 g/mol. The first-order valence-corrected chi connectivity index (χ1v) is 10.1. The first kappa shape index (κ1) is 17.8. The molecule has 4 rings (SSSR count). The van der Waals surface area contributed by atoms with Crippen LogP contribution in [0, 0.1) is 0 Å². The summed E-state index contributed by atoms with van der Waals surface area (Å²) in [6, 6.07) is 2.15. The summed E-state index contributed by atoms with van der Waals surface area (Å²) in [5, 5.41) is 10.4. The molecule has 3 heterocycles. The molecule has 1 saturated carbocycles. The summed E-state index contributed by atoms with van der Waals surface area (Å²) < 4.78 is 5.52. The highest BCUT2D eigenvalue weighted by molar-refractivity contribution is 5.74. The summed E-state index contributed by atoms with van der Waals surface area (Å²) >= 11 is 0. The molecule has 26 heavy (non-hydrogen) atoms. The Kier molecular flexibility index (Phi) is 5.45. The second-order valence-corrected chi connectivity index (χ2v) is 7.96. The zero-order valence-electron chi connectivity index (χ0n) is 15.6. The molecule has 0 bridgehead atoms. The number of carbonyl (C=O) groups is 1. The Morgan fingerprint density at radius 1 is 1.23 bits per heavy atom. The van der Waals surface area contributed by atoms with Gasteiger partial charge in [-0.1, -0.05) is 12.8 Å². The molecule has 7 nitrogen and oxygen atoms in total. The smallest absolute Gasteiger partial charge is 0.317 e. The Bertz CT molecular complexity index is 571. The van der Waals surface area contributed by atoms with Gasteiger partial charge >= 0.3 is 6.03 Å². The van der Waals surface area contributed by atoms with Crippen molar-refractivity contribution in [2.45, 2.75) is 50.0 Å². The third-order valence-corrected chi connectivity index (χ3v) is 6.53. The molecule has 2 N–H and O–H groups in total. The van der Waals surface area contributed by atoms with Crippen molar-refractivity contribution in [3.05, 3.63) is 18.0 Å². The van der Waals surface area contributed by atoms with Gasteiger partial charge in [0.2, 0.25) is 0 Å². The van der Waals surface area contributed by atoms with Crippen molar-refractivity contribution >= 4 is 6.03 Å². The molecule has 0 radical (unpaired) electrons. The topological polar surface area (TPSA) is 73.5 Å². The third-order valence-electron chi connectivity index (χ3n) is 6.53. The van der Waals surface area contributed by atoms with Crippen LogP contribution >= 0.6 is 0 Å². The number of nitrogens with zero attached hydrogens (tertiary/aromatic N) is 3. The fourth-order valence-corrected chi connectivity index (χ4v) is 4.92. The lowest BCUT2D eigenvalue weighted by Gasteiger charge is -2.44. The number of likely N-dealkylation sites (tertiary alicyclic amines) is 1. The van der Waals surface area contributed by atoms with Crippen molar-refractivity contribution in [1.82, 2.24) is 25.3 Å². The number of nitrogens with one attached hydrogen (secondary N) is 2. The average Bonchev–Trinajstić information content (AvgIpc) is 3.40. The van der Waals surface area contributed by atoms with Crippen LogP contribution in [0.2, 0.25) is 0 Å². The van der Waals surface area contributed by atoms with Crippen LogP contribution in [0.5, 0.6) is 0 Å². The van der Waals surface area contributed by atoms with Gasteiger partial charge in [0, 0.05) is 56.1 Å². The second-order valence-electron chi connectivity index (χ2n) is 7.96. The van der Waals surface area contributed by atoms with E-state index in [0.717, 1.165) is 58.8 Å². The molecule has 1 aromatic rings. The minimum absolute atomic E-state index is 0.104. The molecule has 1 aromatic heterocycles. The van der Waals surface area contributed by atoms with Gasteiger partial charge in [0.15, 0.2) is 0 Å². The summed E-state index contributed by atoms with van der Waals surface area (Å²) in [6.07, 6.45) is 8.73. The molecule has 2 aliphatic heterocycles. The van der Waals surface area contributed by atoms with Crippen LogP contribution in [0.4, 0.5) is 4.79 Å². The number of aromatic nitrogens is 2. The van der Waals surface area contributed by atoms with Crippen LogP contribution in [0.1, 0.15) is 50.1 Å². The zero-order chi connectivity index (χ0) is 17.8. The van der Waals surface area contributed by atoms with Crippen molar-refractivity contribution < 1.29 is 9.53 Å². The van der Waals surface area contributed by atoms with Gasteiger partial charge < -0.3 is 15.0 Å². The van der Waals surface area contributed by atoms with E-state index in [1.54, 1.807) is 6.20 Å². The molecule has 7 heteroatoms. The maximum Gasteiger partial charge on any atom is 0.317 e. The number of rotatable bonds is 4. The van der Waals surface area contributed by atoms with Gasteiger partial charge in [0.05, 0.1) is 13.2 Å². The van der Waals surface area contributed by atoms with E-state index in [1.807, 2.05) is 11.0 Å². The fourth-order valence-electron chi connectivity index (χ4n) is 4.92. The number of amides is 2. The standard InChI is InChI=1S/C19H31N5O2/c25-18(23-9-4-16(5-10-23)17-3-8-21-22-17)20-15-19(6-1-2-7-19)24-11-13-26-14-12-24/h3,8,16H,1-2,4-7,9-15H2,(H,20,25)(H,21,22). The van der Waals surface area contributed by atoms with Crippen molar-refractivity contribution in [2.75, 3.05) is 45.9 Å². The first-order chi connectivity index (χ1) is 12.8. The Hall–Kier alpha value is -1.60. The predicted molar refractivity (Wildman–Crippen MR) is 99.1 cm³/mol. The van der Waals surface area contributed by atoms with Gasteiger partial charge in [-0.15, -0.1) is 0 Å². The van der Waals surface area contributed by atoms with E-state index in [4.69, 9.17) is 4.74 Å². The molecule has 1 aliphatic carbocycles. The van der Waals surface area contributed by atoms with E-state index in [-0.39, 0.29) is 11.6 Å². The van der Waals surface area contributed by atoms with Crippen molar-refractivity contribution in [1.29, 1.82) is 0 Å². The Balaban J connectivity index is 1.29. The van der Waals surface area contributed by atoms with E-state index in [1.165, 1.54) is 31.4 Å². The number of urea groups is 1. The van der Waals surface area contributed by atoms with Crippen molar-refractivity contribution in [3.63, 3.8) is 0 Å². The number of H-pyrrole nitrogens is 1. The quantitative estimate of drug-likeness (QED) is 0.860. The highest BCUT2D eigenvalue weighted by Crippen LogP contribution is 2.35. The number of piperidine rings is 1. The number of aromatic amines is 1. The molecule has 0 unspecified atom stereocenters. The lowest BCUT2D eigenvalue weighted by molar-refractivity contribution is -0.0198. The van der Waals surface area contributed by atoms with Gasteiger partial charge in [-0.25, -0.2) is 4.79 Å². The summed E-state index contributed by atoms with van der Waals surface area (Å²) in [4.78, 5) is 17.3. The predicted octanol–water partition coefficient (Wildman–Crippen LogP) is 1.94. The molecule has 2 amide bonds. The summed E-state index contributed by atoms with van der Waals surface area (Å²) in [5.74, 6) is 0.496. The lowest BCUT2D eigenvalue weighted by Crippen LogP contribution is -2.58. The minimum Gasteiger partial charge on any atom is -0.379 e. The van der Waals surface area contributed by atoms with Crippen LogP contribution < -0.4 is 5.32 Å². The van der Waals surface area contributed by atoms with E-state index >= 15 is 0 Å². The molecule has 3 fully saturated rings. The summed E-state index contributed by atoms with van der Waals surface area (Å²) in [6.45, 7) is 6.02. The highest BCUT2D eigenvalue weighted by Gasteiger charge is 2.40. The van der Waals surface area contributed by atoms with E-state index in [2.05, 4.69) is 20.4 Å². The van der Waals surface area contributed by atoms with Gasteiger partial charge in [0.1, 0.15) is 0 Å². The van der Waals surface area contributed by atoms with Gasteiger partial charge in [-0.2, -0.15) is 5.10 Å². The molecular formula is C19H31N5O2. The Morgan fingerprint density at radius 3 is 2.62 bits per heavy atom. The Labute approximate surface area is 155 Å². The minimum atomic E-state index is 0.104. The van der Waals surface area contributed by atoms with E-state index < -0.39 is 0 Å². The zero-order valence-corrected chi connectivity index (χ0v) is 15.6. The first-order valence-electron chi connectivity index (χ1n) is 10.1. The van der Waals surface area contributed by atoms with Crippen LogP contribution in [0.15, 0.2) is 12.3 Å². The van der Waals surface area contributed by atoms with Crippen molar-refractivity contribution in [3.8, 4) is 0 Å². The SMILES string of the molecule is O=C(NCC1(N2CCOCC2)CCCC1)N1CCC(c2ccn[nH]2)CC1. The second kappa shape index (κ2) is 7.96. The maximum atomic E-state index is 12.7. The summed E-state index contributed by atoms with van der Waals surface area (Å²) in [7, 11) is 0. The van der Waals surface area contributed by atoms with Crippen molar-refractivity contribution in [2.24, 2.45) is 0 Å². The number of carbonyl (C=O) groups excluding carboxylic acids is 1. The largest absolute Gasteiger partial charge is 0.379 e. The van der Waals surface area contributed by atoms with Crippen LogP contribution in [0.3, 0.4) is 0 Å². The highest BCUT2D eigenvalue weighted by atomic mass is 16.5. The number of morpholine rings is 1. The number of hydrogen-bond acceptors (Lipinski definition) is 4. The molecule has 144 valence electrons. The Morgan fingerprint density at radius 2 is 1.96 bits per heavy atom. The monoisotopic (exact) mass is 361 g/mol. The third kappa shape index (κ3) is 3.74. The van der Waals surface area contributed by atoms with E-state index in [0.29, 0.717) is 5.92 Å². The van der Waals surface area contributed by atoms with E-state index in [9.17, 15) is 4.79 Å². The molecule has 0 atom stereocenters. The fraction of sp³-hybridized carbons (Fsp3) is 0.789. The van der Waals surface area contributed by atoms with Gasteiger partial charge in [-0.05, 0) is 31.7 Å². The molecule has 0 spiro atoms. The normalized spacial score (nSPS) is 24.7. The van der Waals surface area contributed by atoms with Crippen LogP contribution in [-0.4, -0.2) is 77.5 Å².